The first-order chi connectivity index (χ1) is 13.0. The summed E-state index contributed by atoms with van der Waals surface area (Å²) in [6.45, 7) is 6.24. The molecule has 0 fully saturated rings. The van der Waals surface area contributed by atoms with Gasteiger partial charge in [-0.3, -0.25) is 10.1 Å². The molecular weight excluding hydrogens is 358 g/mol. The topological polar surface area (TPSA) is 80.7 Å². The Labute approximate surface area is 160 Å². The SMILES string of the molecule is Cc1cccc(C)c1-c1cc(C)c2nc(Nc3nc(C=O)cs3)nnc2c1. The summed E-state index contributed by atoms with van der Waals surface area (Å²) in [7, 11) is 0. The van der Waals surface area contributed by atoms with Gasteiger partial charge in [-0.25, -0.2) is 9.97 Å². The number of aldehydes is 1. The molecule has 0 saturated heterocycles. The number of anilines is 2. The van der Waals surface area contributed by atoms with E-state index in [2.05, 4.69) is 63.6 Å². The Balaban J connectivity index is 1.75. The van der Waals surface area contributed by atoms with Crippen molar-refractivity contribution in [3.05, 3.63) is 58.1 Å². The van der Waals surface area contributed by atoms with Crippen LogP contribution in [0.25, 0.3) is 22.2 Å². The van der Waals surface area contributed by atoms with Gasteiger partial charge in [0.1, 0.15) is 11.2 Å². The Morgan fingerprint density at radius 1 is 1.00 bits per heavy atom. The minimum Gasteiger partial charge on any atom is -0.299 e. The second-order valence-corrected chi connectivity index (χ2v) is 7.24. The lowest BCUT2D eigenvalue weighted by atomic mass is 9.94. The number of hydrogen-bond donors (Lipinski definition) is 1. The molecule has 0 aliphatic rings. The zero-order valence-corrected chi connectivity index (χ0v) is 16.0. The van der Waals surface area contributed by atoms with Crippen LogP contribution in [0.3, 0.4) is 0 Å². The number of benzene rings is 2. The van der Waals surface area contributed by atoms with Gasteiger partial charge in [-0.05, 0) is 60.7 Å². The van der Waals surface area contributed by atoms with E-state index in [1.807, 2.05) is 13.0 Å². The zero-order chi connectivity index (χ0) is 19.0. The molecule has 0 radical (unpaired) electrons. The van der Waals surface area contributed by atoms with Crippen LogP contribution < -0.4 is 5.32 Å². The second kappa shape index (κ2) is 6.85. The van der Waals surface area contributed by atoms with E-state index in [0.717, 1.165) is 22.2 Å². The van der Waals surface area contributed by atoms with E-state index >= 15 is 0 Å². The summed E-state index contributed by atoms with van der Waals surface area (Å²) in [6.07, 6.45) is 0.709. The van der Waals surface area contributed by atoms with Crippen LogP contribution in [-0.2, 0) is 0 Å². The minimum atomic E-state index is 0.359. The molecule has 1 N–H and O–H groups in total. The van der Waals surface area contributed by atoms with Crippen LogP contribution in [0.4, 0.5) is 11.1 Å². The smallest absolute Gasteiger partial charge is 0.249 e. The number of rotatable bonds is 4. The van der Waals surface area contributed by atoms with Gasteiger partial charge in [-0.2, -0.15) is 0 Å². The van der Waals surface area contributed by atoms with Gasteiger partial charge in [0.2, 0.25) is 5.95 Å². The molecule has 4 rings (SSSR count). The lowest BCUT2D eigenvalue weighted by Crippen LogP contribution is -2.01. The number of hydrogen-bond acceptors (Lipinski definition) is 7. The van der Waals surface area contributed by atoms with E-state index < -0.39 is 0 Å². The quantitative estimate of drug-likeness (QED) is 0.524. The number of fused-ring (bicyclic) bond motifs is 1. The summed E-state index contributed by atoms with van der Waals surface area (Å²) < 4.78 is 0. The highest BCUT2D eigenvalue weighted by atomic mass is 32.1. The van der Waals surface area contributed by atoms with Crippen molar-refractivity contribution in [2.45, 2.75) is 20.8 Å². The van der Waals surface area contributed by atoms with Gasteiger partial charge >= 0.3 is 0 Å². The summed E-state index contributed by atoms with van der Waals surface area (Å²) in [6, 6.07) is 10.4. The van der Waals surface area contributed by atoms with Gasteiger partial charge in [0.15, 0.2) is 11.4 Å². The minimum absolute atomic E-state index is 0.359. The normalized spacial score (nSPS) is 10.9. The number of thiazole rings is 1. The number of carbonyl (C=O) groups is 1. The molecule has 0 atom stereocenters. The molecule has 2 aromatic carbocycles. The molecule has 0 saturated carbocycles. The van der Waals surface area contributed by atoms with E-state index in [4.69, 9.17) is 0 Å². The van der Waals surface area contributed by atoms with Crippen LogP contribution >= 0.6 is 11.3 Å². The fourth-order valence-corrected chi connectivity index (χ4v) is 3.82. The Morgan fingerprint density at radius 2 is 1.78 bits per heavy atom. The summed E-state index contributed by atoms with van der Waals surface area (Å²) in [4.78, 5) is 19.5. The van der Waals surface area contributed by atoms with E-state index in [-0.39, 0.29) is 0 Å². The van der Waals surface area contributed by atoms with Crippen molar-refractivity contribution in [2.24, 2.45) is 0 Å². The number of nitrogens with zero attached hydrogens (tertiary/aromatic N) is 4. The fourth-order valence-electron chi connectivity index (χ4n) is 3.17. The monoisotopic (exact) mass is 375 g/mol. The molecule has 0 spiro atoms. The summed E-state index contributed by atoms with van der Waals surface area (Å²) in [5.41, 5.74) is 7.71. The molecule has 4 aromatic rings. The third-order valence-electron chi connectivity index (χ3n) is 4.38. The van der Waals surface area contributed by atoms with Crippen LogP contribution in [0.15, 0.2) is 35.7 Å². The average Bonchev–Trinajstić information content (AvgIpc) is 3.10. The largest absolute Gasteiger partial charge is 0.299 e. The number of carbonyl (C=O) groups excluding carboxylic acids is 1. The average molecular weight is 375 g/mol. The lowest BCUT2D eigenvalue weighted by Gasteiger charge is -2.12. The Hall–Kier alpha value is -3.19. The molecule has 0 unspecified atom stereocenters. The van der Waals surface area contributed by atoms with Crippen molar-refractivity contribution in [3.63, 3.8) is 0 Å². The maximum atomic E-state index is 10.8. The third kappa shape index (κ3) is 3.29. The molecule has 0 aliphatic carbocycles. The third-order valence-corrected chi connectivity index (χ3v) is 5.16. The van der Waals surface area contributed by atoms with Crippen molar-refractivity contribution < 1.29 is 4.79 Å². The van der Waals surface area contributed by atoms with E-state index in [9.17, 15) is 4.79 Å². The highest BCUT2D eigenvalue weighted by Crippen LogP contribution is 2.31. The van der Waals surface area contributed by atoms with Gasteiger partial charge in [-0.1, -0.05) is 18.2 Å². The molecule has 7 heteroatoms. The molecule has 0 aliphatic heterocycles. The summed E-state index contributed by atoms with van der Waals surface area (Å²) in [5, 5.41) is 13.7. The van der Waals surface area contributed by atoms with Crippen molar-refractivity contribution >= 4 is 39.7 Å². The molecular formula is C20H17N5OS. The van der Waals surface area contributed by atoms with Gasteiger partial charge in [-0.15, -0.1) is 21.5 Å². The fraction of sp³-hybridized carbons (Fsp3) is 0.150. The van der Waals surface area contributed by atoms with Gasteiger partial charge in [0.05, 0.1) is 5.52 Å². The predicted octanol–water partition coefficient (Wildman–Crippen LogP) is 4.63. The van der Waals surface area contributed by atoms with Crippen molar-refractivity contribution in [1.82, 2.24) is 20.2 Å². The molecule has 27 heavy (non-hydrogen) atoms. The van der Waals surface area contributed by atoms with Crippen LogP contribution in [0.5, 0.6) is 0 Å². The van der Waals surface area contributed by atoms with Crippen LogP contribution in [0.2, 0.25) is 0 Å². The van der Waals surface area contributed by atoms with Gasteiger partial charge in [0.25, 0.3) is 0 Å². The maximum absolute atomic E-state index is 10.8. The molecule has 0 amide bonds. The van der Waals surface area contributed by atoms with E-state index in [0.29, 0.717) is 23.1 Å². The van der Waals surface area contributed by atoms with E-state index in [1.54, 1.807) is 5.38 Å². The molecule has 2 heterocycles. The van der Waals surface area contributed by atoms with Gasteiger partial charge < -0.3 is 0 Å². The van der Waals surface area contributed by atoms with Crippen LogP contribution in [0.1, 0.15) is 27.2 Å². The summed E-state index contributed by atoms with van der Waals surface area (Å²) in [5.74, 6) is 0.359. The Bertz CT molecular complexity index is 1150. The van der Waals surface area contributed by atoms with Crippen LogP contribution in [-0.4, -0.2) is 26.5 Å². The second-order valence-electron chi connectivity index (χ2n) is 6.38. The number of nitrogens with one attached hydrogen (secondary N) is 1. The first kappa shape index (κ1) is 17.2. The first-order valence-electron chi connectivity index (χ1n) is 8.44. The van der Waals surface area contributed by atoms with Crippen molar-refractivity contribution in [3.8, 4) is 11.1 Å². The van der Waals surface area contributed by atoms with Gasteiger partial charge in [0, 0.05) is 5.38 Å². The lowest BCUT2D eigenvalue weighted by molar-refractivity contribution is 0.111. The number of aromatic nitrogens is 4. The van der Waals surface area contributed by atoms with E-state index in [1.165, 1.54) is 28.0 Å². The standard InChI is InChI=1S/C20H17N5OS/c1-11-5-4-6-12(2)17(11)14-7-13(3)18-16(8-14)24-25-19(22-18)23-20-21-15(9-26)10-27-20/h4-10H,1-3H3,(H,21,22,23,25). The molecule has 134 valence electrons. The molecule has 0 bridgehead atoms. The molecule has 2 aromatic heterocycles. The Kier molecular flexibility index (Phi) is 4.37. The first-order valence-corrected chi connectivity index (χ1v) is 9.32. The van der Waals surface area contributed by atoms with Crippen LogP contribution in [0, 0.1) is 20.8 Å². The van der Waals surface area contributed by atoms with Crippen molar-refractivity contribution in [2.75, 3.05) is 5.32 Å². The highest BCUT2D eigenvalue weighted by Gasteiger charge is 2.12. The zero-order valence-electron chi connectivity index (χ0n) is 15.1. The summed E-state index contributed by atoms with van der Waals surface area (Å²) >= 11 is 1.32. The molecule has 6 nitrogen and oxygen atoms in total. The number of aryl methyl sites for hydroxylation is 3. The highest BCUT2D eigenvalue weighted by molar-refractivity contribution is 7.13. The Morgan fingerprint density at radius 3 is 2.48 bits per heavy atom. The maximum Gasteiger partial charge on any atom is 0.249 e. The predicted molar refractivity (Wildman–Crippen MR) is 108 cm³/mol. The van der Waals surface area contributed by atoms with Crippen molar-refractivity contribution in [1.29, 1.82) is 0 Å².